The Hall–Kier alpha value is -8.64. The van der Waals surface area contributed by atoms with Crippen molar-refractivity contribution >= 4 is 65.0 Å². The van der Waals surface area contributed by atoms with E-state index in [4.69, 9.17) is 9.98 Å². The average Bonchev–Trinajstić information content (AvgIpc) is 3.85. The quantitative estimate of drug-likeness (QED) is 0.0446. The van der Waals surface area contributed by atoms with Crippen LogP contribution in [-0.2, 0) is 5.41 Å². The summed E-state index contributed by atoms with van der Waals surface area (Å²) in [6, 6.07) is 75.5. The summed E-state index contributed by atoms with van der Waals surface area (Å²) in [5, 5.41) is 8.58. The molecular formula is C74H68N4S. The van der Waals surface area contributed by atoms with E-state index in [9.17, 15) is 0 Å². The summed E-state index contributed by atoms with van der Waals surface area (Å²) >= 11 is 1.82. The number of rotatable bonds is 16. The first-order valence-electron chi connectivity index (χ1n) is 27.9. The normalized spacial score (nSPS) is 12.9. The predicted octanol–water partition coefficient (Wildman–Crippen LogP) is 20.0. The van der Waals surface area contributed by atoms with Crippen LogP contribution in [0.5, 0.6) is 0 Å². The molecule has 0 saturated heterocycles. The lowest BCUT2D eigenvalue weighted by Gasteiger charge is -2.26. The van der Waals surface area contributed by atoms with Crippen LogP contribution in [0.15, 0.2) is 253 Å². The summed E-state index contributed by atoms with van der Waals surface area (Å²) in [5.41, 5.74) is 15.6. The van der Waals surface area contributed by atoms with Gasteiger partial charge in [-0.15, -0.1) is 11.3 Å². The van der Waals surface area contributed by atoms with Gasteiger partial charge < -0.3 is 9.88 Å². The van der Waals surface area contributed by atoms with Crippen LogP contribution >= 0.6 is 11.3 Å². The van der Waals surface area contributed by atoms with Crippen LogP contribution in [0.3, 0.4) is 0 Å². The molecule has 5 heteroatoms. The minimum absolute atomic E-state index is 0.231. The summed E-state index contributed by atoms with van der Waals surface area (Å²) in [7, 11) is 1.99. The molecule has 0 aliphatic carbocycles. The number of nitrogens with zero attached hydrogens (tertiary/aromatic N) is 3. The second-order valence-corrected chi connectivity index (χ2v) is 22.6. The third-order valence-electron chi connectivity index (χ3n) is 15.1. The van der Waals surface area contributed by atoms with Crippen molar-refractivity contribution in [1.82, 2.24) is 9.88 Å². The second kappa shape index (κ2) is 23.5. The molecular weight excluding hydrogens is 977 g/mol. The molecule has 4 nitrogen and oxygen atoms in total. The highest BCUT2D eigenvalue weighted by Crippen LogP contribution is 2.47. The Kier molecular flexibility index (Phi) is 15.6. The highest BCUT2D eigenvalue weighted by atomic mass is 32.1. The maximum atomic E-state index is 5.67. The van der Waals surface area contributed by atoms with Crippen molar-refractivity contribution in [3.05, 3.63) is 260 Å². The molecule has 11 rings (SSSR count). The second-order valence-electron chi connectivity index (χ2n) is 21.5. The smallest absolute Gasteiger partial charge is 0.157 e. The number of aliphatic imine (C=N–C) groups is 2. The third-order valence-corrected chi connectivity index (χ3v) is 16.3. The SMILES string of the molecule is C=C/C=C\CCC(C/C=C\CC)CN=C(N=C(NC)c1cc(-c2ccccc2)c(-n2c3ccc(-c4ccccc4)cc3c3cc(-c4ccccc4)cc(C(C)(C)C)c32)c(-c2ccccc2)c1)c1ccc2c(c1)sc1ccccc12. The third kappa shape index (κ3) is 11.1. The average molecular weight is 1050 g/mol. The van der Waals surface area contributed by atoms with E-state index >= 15 is 0 Å². The van der Waals surface area contributed by atoms with Gasteiger partial charge in [-0.2, -0.15) is 0 Å². The number of hydrogen-bond acceptors (Lipinski definition) is 2. The molecule has 79 heavy (non-hydrogen) atoms. The molecule has 0 spiro atoms. The fourth-order valence-electron chi connectivity index (χ4n) is 11.2. The van der Waals surface area contributed by atoms with Gasteiger partial charge >= 0.3 is 0 Å². The van der Waals surface area contributed by atoms with E-state index in [1.165, 1.54) is 64.3 Å². The first-order chi connectivity index (χ1) is 38.7. The fourth-order valence-corrected chi connectivity index (χ4v) is 12.3. The van der Waals surface area contributed by atoms with Gasteiger partial charge in [-0.05, 0) is 124 Å². The van der Waals surface area contributed by atoms with Gasteiger partial charge in [0.1, 0.15) is 5.84 Å². The molecule has 0 aliphatic rings. The standard InChI is InChI=1S/C74H68N4S/c1-7-9-11-17-29-51(28-16-10-8-2)50-76-73(57-40-42-61-60-38-26-27-39-68(60)79-69(61)49-57)77-72(75-6)59-46-62(54-34-22-14-23-35-54)70(63(47-59)55-36-24-15-25-37-55)78-67-43-41-56(52-30-18-12-19-31-52)44-64(67)65-45-58(53-32-20-13-21-33-53)48-66(71(65)78)74(3,4)5/h7,9-16,18-27,30-49,51H,1,8,17,28-29,50H2,2-6H3,(H,75,76,77)/b11-9-,16-10-. The molecule has 1 atom stereocenters. The highest BCUT2D eigenvalue weighted by molar-refractivity contribution is 7.25. The Labute approximate surface area is 470 Å². The van der Waals surface area contributed by atoms with E-state index in [0.29, 0.717) is 18.3 Å². The number of benzene rings is 9. The molecule has 2 aromatic heterocycles. The van der Waals surface area contributed by atoms with E-state index < -0.39 is 0 Å². The minimum atomic E-state index is -0.231. The van der Waals surface area contributed by atoms with Gasteiger partial charge in [0.15, 0.2) is 5.84 Å². The number of amidine groups is 2. The minimum Gasteiger partial charge on any atom is -0.373 e. The lowest BCUT2D eigenvalue weighted by molar-refractivity contribution is 0.508. The molecule has 9 aromatic carbocycles. The molecule has 0 radical (unpaired) electrons. The van der Waals surface area contributed by atoms with Crippen LogP contribution < -0.4 is 5.32 Å². The molecule has 0 amide bonds. The van der Waals surface area contributed by atoms with Crippen molar-refractivity contribution in [2.75, 3.05) is 13.6 Å². The van der Waals surface area contributed by atoms with Gasteiger partial charge in [-0.25, -0.2) is 4.99 Å². The van der Waals surface area contributed by atoms with Gasteiger partial charge in [0.2, 0.25) is 0 Å². The van der Waals surface area contributed by atoms with Gasteiger partial charge in [0, 0.05) is 66.8 Å². The maximum absolute atomic E-state index is 5.67. The Morgan fingerprint density at radius 1 is 0.582 bits per heavy atom. The van der Waals surface area contributed by atoms with Crippen LogP contribution in [0.2, 0.25) is 0 Å². The van der Waals surface area contributed by atoms with Crippen molar-refractivity contribution < 1.29 is 0 Å². The molecule has 0 fully saturated rings. The number of nitrogens with one attached hydrogen (secondary N) is 1. The topological polar surface area (TPSA) is 41.7 Å². The Morgan fingerprint density at radius 2 is 1.19 bits per heavy atom. The lowest BCUT2D eigenvalue weighted by Crippen LogP contribution is -2.22. The zero-order valence-corrected chi connectivity index (χ0v) is 46.9. The van der Waals surface area contributed by atoms with Crippen LogP contribution in [0.25, 0.3) is 92.2 Å². The summed E-state index contributed by atoms with van der Waals surface area (Å²) in [4.78, 5) is 11.2. The summed E-state index contributed by atoms with van der Waals surface area (Å²) in [6.07, 6.45) is 14.6. The lowest BCUT2D eigenvalue weighted by atomic mass is 9.83. The Morgan fingerprint density at radius 3 is 1.82 bits per heavy atom. The van der Waals surface area contributed by atoms with Crippen molar-refractivity contribution in [3.63, 3.8) is 0 Å². The van der Waals surface area contributed by atoms with Crippen molar-refractivity contribution in [3.8, 4) is 50.2 Å². The number of thiophene rings is 1. The number of hydrogen-bond donors (Lipinski definition) is 1. The monoisotopic (exact) mass is 1040 g/mol. The first-order valence-corrected chi connectivity index (χ1v) is 28.7. The van der Waals surface area contributed by atoms with E-state index in [0.717, 1.165) is 76.1 Å². The number of fused-ring (bicyclic) bond motifs is 6. The van der Waals surface area contributed by atoms with Crippen molar-refractivity contribution in [2.45, 2.75) is 58.8 Å². The summed E-state index contributed by atoms with van der Waals surface area (Å²) in [6.45, 7) is 13.8. The van der Waals surface area contributed by atoms with E-state index in [1.54, 1.807) is 0 Å². The van der Waals surface area contributed by atoms with Gasteiger partial charge in [-0.3, -0.25) is 4.99 Å². The number of allylic oxidation sites excluding steroid dienone is 5. The molecule has 0 aliphatic heterocycles. The van der Waals surface area contributed by atoms with Crippen LogP contribution in [-0.4, -0.2) is 29.8 Å². The summed E-state index contributed by atoms with van der Waals surface area (Å²) in [5.74, 6) is 1.78. The van der Waals surface area contributed by atoms with Crippen LogP contribution in [0.4, 0.5) is 0 Å². The molecule has 11 aromatic rings. The number of aromatic nitrogens is 1. The van der Waals surface area contributed by atoms with E-state index in [2.05, 4.69) is 269 Å². The molecule has 390 valence electrons. The maximum Gasteiger partial charge on any atom is 0.157 e. The van der Waals surface area contributed by atoms with Gasteiger partial charge in [0.05, 0.1) is 16.7 Å². The van der Waals surface area contributed by atoms with E-state index in [1.807, 2.05) is 30.5 Å². The largest absolute Gasteiger partial charge is 0.373 e. The molecule has 1 unspecified atom stereocenters. The van der Waals surface area contributed by atoms with E-state index in [-0.39, 0.29) is 5.41 Å². The van der Waals surface area contributed by atoms with Crippen molar-refractivity contribution in [2.24, 2.45) is 15.9 Å². The predicted molar refractivity (Wildman–Crippen MR) is 344 cm³/mol. The molecule has 1 N–H and O–H groups in total. The van der Waals surface area contributed by atoms with Crippen LogP contribution in [0.1, 0.15) is 70.1 Å². The molecule has 0 bridgehead atoms. The molecule has 0 saturated carbocycles. The van der Waals surface area contributed by atoms with Gasteiger partial charge in [0.25, 0.3) is 0 Å². The zero-order valence-electron chi connectivity index (χ0n) is 46.1. The van der Waals surface area contributed by atoms with Gasteiger partial charge in [-0.1, -0.05) is 222 Å². The Balaban J connectivity index is 1.19. The fraction of sp³-hybridized carbons (Fsp3) is 0.162. The van der Waals surface area contributed by atoms with Crippen molar-refractivity contribution in [1.29, 1.82) is 0 Å². The molecule has 2 heterocycles. The zero-order chi connectivity index (χ0) is 54.3. The first kappa shape index (κ1) is 52.4. The highest BCUT2D eigenvalue weighted by Gasteiger charge is 2.28. The Bertz CT molecular complexity index is 4010. The van der Waals surface area contributed by atoms with Crippen LogP contribution in [0, 0.1) is 5.92 Å². The summed E-state index contributed by atoms with van der Waals surface area (Å²) < 4.78 is 5.08.